The fourth-order valence-corrected chi connectivity index (χ4v) is 1.44. The van der Waals surface area contributed by atoms with Crippen molar-refractivity contribution in [1.82, 2.24) is 9.55 Å². The van der Waals surface area contributed by atoms with E-state index in [9.17, 15) is 0 Å². The quantitative estimate of drug-likeness (QED) is 0.627. The van der Waals surface area contributed by atoms with Crippen molar-refractivity contribution < 1.29 is 0 Å². The molecule has 0 atom stereocenters. The van der Waals surface area contributed by atoms with Crippen LogP contribution in [0.4, 0.5) is 0 Å². The first-order valence-electron chi connectivity index (χ1n) is 4.20. The van der Waals surface area contributed by atoms with Crippen LogP contribution in [0.15, 0.2) is 30.6 Å². The van der Waals surface area contributed by atoms with Crippen molar-refractivity contribution in [2.24, 2.45) is 0 Å². The maximum atomic E-state index is 4.24. The fourth-order valence-electron chi connectivity index (χ4n) is 1.44. The van der Waals surface area contributed by atoms with E-state index in [0.29, 0.717) is 6.04 Å². The Morgan fingerprint density at radius 1 is 1.33 bits per heavy atom. The molecule has 2 rings (SSSR count). The molecular weight excluding hydrogens is 148 g/mol. The Labute approximate surface area is 72.2 Å². The number of hydrogen-bond donors (Lipinski definition) is 0. The third-order valence-corrected chi connectivity index (χ3v) is 2.04. The Balaban J connectivity index is 2.63. The van der Waals surface area contributed by atoms with Crippen molar-refractivity contribution in [3.8, 4) is 11.4 Å². The molecule has 0 aromatic heterocycles. The molecule has 0 fully saturated rings. The molecule has 0 aliphatic carbocycles. The van der Waals surface area contributed by atoms with Gasteiger partial charge in [0.25, 0.3) is 0 Å². The summed E-state index contributed by atoms with van der Waals surface area (Å²) < 4.78 is 2.22. The lowest BCUT2D eigenvalue weighted by Crippen LogP contribution is -2.03. The van der Waals surface area contributed by atoms with Gasteiger partial charge in [-0.15, -0.1) is 0 Å². The van der Waals surface area contributed by atoms with Crippen molar-refractivity contribution in [3.05, 3.63) is 30.6 Å². The van der Waals surface area contributed by atoms with Gasteiger partial charge in [0.1, 0.15) is 0 Å². The van der Waals surface area contributed by atoms with Crippen molar-refractivity contribution in [2.45, 2.75) is 19.9 Å². The summed E-state index contributed by atoms with van der Waals surface area (Å²) in [7, 11) is 0. The highest BCUT2D eigenvalue weighted by atomic mass is 15.0. The zero-order valence-electron chi connectivity index (χ0n) is 7.36. The van der Waals surface area contributed by atoms with E-state index in [0.717, 1.165) is 5.69 Å². The summed E-state index contributed by atoms with van der Waals surface area (Å²) in [5.41, 5.74) is 2.29. The van der Waals surface area contributed by atoms with Gasteiger partial charge in [-0.3, -0.25) is 4.98 Å². The maximum Gasteiger partial charge on any atom is 0.0867 e. The molecule has 2 nitrogen and oxygen atoms in total. The van der Waals surface area contributed by atoms with Gasteiger partial charge in [0.2, 0.25) is 0 Å². The topological polar surface area (TPSA) is 17.8 Å². The summed E-state index contributed by atoms with van der Waals surface area (Å²) in [6.45, 7) is 4.35. The summed E-state index contributed by atoms with van der Waals surface area (Å²) in [6.07, 6.45) is 3.94. The zero-order chi connectivity index (χ0) is 8.55. The molecular formula is C10H12N2. The van der Waals surface area contributed by atoms with Gasteiger partial charge in [-0.2, -0.15) is 0 Å². The highest BCUT2D eigenvalue weighted by Gasteiger charge is 2.07. The van der Waals surface area contributed by atoms with Gasteiger partial charge in [0, 0.05) is 18.4 Å². The minimum absolute atomic E-state index is 0.498. The molecule has 0 aromatic rings. The van der Waals surface area contributed by atoms with Gasteiger partial charge >= 0.3 is 0 Å². The van der Waals surface area contributed by atoms with Crippen LogP contribution < -0.4 is 0 Å². The Morgan fingerprint density at radius 3 is 2.92 bits per heavy atom. The van der Waals surface area contributed by atoms with E-state index in [1.54, 1.807) is 0 Å². The van der Waals surface area contributed by atoms with Crippen LogP contribution >= 0.6 is 0 Å². The summed E-state index contributed by atoms with van der Waals surface area (Å²) in [5, 5.41) is 0. The van der Waals surface area contributed by atoms with E-state index in [-0.39, 0.29) is 0 Å². The van der Waals surface area contributed by atoms with Crippen LogP contribution in [0.1, 0.15) is 19.9 Å². The van der Waals surface area contributed by atoms with Crippen LogP contribution in [-0.4, -0.2) is 9.55 Å². The maximum absolute atomic E-state index is 4.24. The molecule has 0 amide bonds. The Hall–Kier alpha value is -1.31. The standard InChI is InChI=1S/C10H12N2/c1-8(2)12-7-3-4-9-10(12)5-6-11-9/h3-8H,1-2H3. The van der Waals surface area contributed by atoms with Crippen LogP contribution in [0.25, 0.3) is 11.4 Å². The lowest BCUT2D eigenvalue weighted by molar-refractivity contribution is 0.603. The molecule has 12 heavy (non-hydrogen) atoms. The predicted octanol–water partition coefficient (Wildman–Crippen LogP) is 2.57. The molecule has 0 N–H and O–H groups in total. The molecule has 0 spiro atoms. The second-order valence-electron chi connectivity index (χ2n) is 3.22. The van der Waals surface area contributed by atoms with Gasteiger partial charge in [0.15, 0.2) is 0 Å². The molecule has 2 heterocycles. The number of fused-ring (bicyclic) bond motifs is 1. The third kappa shape index (κ3) is 0.998. The first-order chi connectivity index (χ1) is 5.79. The summed E-state index contributed by atoms with van der Waals surface area (Å²) in [4.78, 5) is 4.24. The molecule has 0 radical (unpaired) electrons. The van der Waals surface area contributed by atoms with Crippen molar-refractivity contribution in [3.63, 3.8) is 0 Å². The lowest BCUT2D eigenvalue weighted by Gasteiger charge is -2.14. The summed E-state index contributed by atoms with van der Waals surface area (Å²) >= 11 is 0. The van der Waals surface area contributed by atoms with Crippen molar-refractivity contribution in [2.75, 3.05) is 0 Å². The number of nitrogens with zero attached hydrogens (tertiary/aromatic N) is 2. The highest BCUT2D eigenvalue weighted by molar-refractivity contribution is 5.56. The van der Waals surface area contributed by atoms with Crippen LogP contribution in [-0.2, 0) is 0 Å². The van der Waals surface area contributed by atoms with Gasteiger partial charge in [-0.1, -0.05) is 0 Å². The monoisotopic (exact) mass is 160 g/mol. The summed E-state index contributed by atoms with van der Waals surface area (Å²) in [5.74, 6) is 0. The Morgan fingerprint density at radius 2 is 2.17 bits per heavy atom. The molecule has 0 aromatic carbocycles. The molecule has 0 unspecified atom stereocenters. The van der Waals surface area contributed by atoms with Gasteiger partial charge in [-0.05, 0) is 32.0 Å². The zero-order valence-corrected chi connectivity index (χ0v) is 7.36. The smallest absolute Gasteiger partial charge is 0.0867 e. The van der Waals surface area contributed by atoms with E-state index in [1.807, 2.05) is 18.3 Å². The van der Waals surface area contributed by atoms with Crippen molar-refractivity contribution >= 4 is 0 Å². The number of aromatic nitrogens is 2. The van der Waals surface area contributed by atoms with Crippen LogP contribution in [0.3, 0.4) is 0 Å². The van der Waals surface area contributed by atoms with Crippen molar-refractivity contribution in [1.29, 1.82) is 0 Å². The van der Waals surface area contributed by atoms with E-state index < -0.39 is 0 Å². The first kappa shape index (κ1) is 7.35. The number of hydrogen-bond acceptors (Lipinski definition) is 1. The van der Waals surface area contributed by atoms with Gasteiger partial charge in [0.05, 0.1) is 11.4 Å². The molecule has 0 saturated carbocycles. The van der Waals surface area contributed by atoms with Crippen LogP contribution in [0, 0.1) is 0 Å². The summed E-state index contributed by atoms with van der Waals surface area (Å²) in [6, 6.07) is 6.62. The highest BCUT2D eigenvalue weighted by Crippen LogP contribution is 2.22. The Bertz CT molecular complexity index is 349. The minimum Gasteiger partial charge on any atom is -0.344 e. The number of pyridine rings is 1. The van der Waals surface area contributed by atoms with Crippen LogP contribution in [0.5, 0.6) is 0 Å². The normalized spacial score (nSPS) is 11.2. The van der Waals surface area contributed by atoms with E-state index in [2.05, 4.69) is 35.7 Å². The van der Waals surface area contributed by atoms with E-state index in [1.165, 1.54) is 5.69 Å². The molecule has 0 saturated heterocycles. The Kier molecular flexibility index (Phi) is 1.61. The fraction of sp³-hybridized carbons (Fsp3) is 0.300. The first-order valence-corrected chi connectivity index (χ1v) is 4.20. The van der Waals surface area contributed by atoms with E-state index >= 15 is 0 Å². The van der Waals surface area contributed by atoms with E-state index in [4.69, 9.17) is 0 Å². The lowest BCUT2D eigenvalue weighted by atomic mass is 10.2. The molecule has 0 bridgehead atoms. The number of rotatable bonds is 1. The second kappa shape index (κ2) is 2.63. The SMILES string of the molecule is CC(C)n1cccc2nccc1-2. The molecule has 2 heteroatoms. The average Bonchev–Trinajstić information content (AvgIpc) is 2.49. The second-order valence-corrected chi connectivity index (χ2v) is 3.22. The molecule has 2 aliphatic heterocycles. The van der Waals surface area contributed by atoms with Gasteiger partial charge in [-0.25, -0.2) is 0 Å². The molecule has 2 aliphatic rings. The predicted molar refractivity (Wildman–Crippen MR) is 49.2 cm³/mol. The minimum atomic E-state index is 0.498. The van der Waals surface area contributed by atoms with Gasteiger partial charge < -0.3 is 4.57 Å². The molecule has 62 valence electrons. The average molecular weight is 160 g/mol. The largest absolute Gasteiger partial charge is 0.344 e. The third-order valence-electron chi connectivity index (χ3n) is 2.04. The van der Waals surface area contributed by atoms with Crippen LogP contribution in [0.2, 0.25) is 0 Å².